The fourth-order valence-electron chi connectivity index (χ4n) is 1.08. The van der Waals surface area contributed by atoms with Crippen molar-refractivity contribution in [1.29, 1.82) is 0 Å². The zero-order valence-corrected chi connectivity index (χ0v) is 8.67. The molecule has 1 rings (SSSR count). The minimum absolute atomic E-state index is 0.301. The van der Waals surface area contributed by atoms with Gasteiger partial charge in [-0.15, -0.1) is 0 Å². The minimum atomic E-state index is -4.77. The van der Waals surface area contributed by atoms with Crippen molar-refractivity contribution >= 4 is 11.6 Å². The van der Waals surface area contributed by atoms with E-state index >= 15 is 0 Å². The van der Waals surface area contributed by atoms with E-state index in [2.05, 4.69) is 9.97 Å². The number of anilines is 2. The van der Waals surface area contributed by atoms with Crippen LogP contribution < -0.4 is 10.6 Å². The first-order valence-corrected chi connectivity index (χ1v) is 4.41. The van der Waals surface area contributed by atoms with Crippen LogP contribution in [0.1, 0.15) is 5.82 Å². The van der Waals surface area contributed by atoms with Crippen LogP contribution in [0.3, 0.4) is 0 Å². The number of aromatic nitrogens is 2. The molecule has 0 saturated carbocycles. The molecule has 4 nitrogen and oxygen atoms in total. The Morgan fingerprint density at radius 1 is 1.35 bits per heavy atom. The van der Waals surface area contributed by atoms with Crippen molar-refractivity contribution in [2.45, 2.75) is 12.6 Å². The lowest BCUT2D eigenvalue weighted by atomic mass is 10.4. The number of alkyl halides is 5. The molecule has 0 aromatic carbocycles. The summed E-state index contributed by atoms with van der Waals surface area (Å²) in [4.78, 5) is 7.00. The zero-order chi connectivity index (χ0) is 13.2. The molecular formula is C8H9F5N4. The fraction of sp³-hybridized carbons (Fsp3) is 0.500. The lowest BCUT2D eigenvalue weighted by molar-refractivity contribution is -0.144. The third-order valence-corrected chi connectivity index (χ3v) is 1.79. The summed E-state index contributed by atoms with van der Waals surface area (Å²) >= 11 is 0. The SMILES string of the molecule is CN(CC(F)F)c1cc(N)nc(C(F)(F)F)n1. The van der Waals surface area contributed by atoms with Gasteiger partial charge in [-0.2, -0.15) is 13.2 Å². The van der Waals surface area contributed by atoms with E-state index in [-0.39, 0.29) is 5.82 Å². The van der Waals surface area contributed by atoms with Crippen molar-refractivity contribution < 1.29 is 22.0 Å². The van der Waals surface area contributed by atoms with Gasteiger partial charge in [0.2, 0.25) is 5.82 Å². The summed E-state index contributed by atoms with van der Waals surface area (Å²) in [5.41, 5.74) is 5.16. The summed E-state index contributed by atoms with van der Waals surface area (Å²) in [7, 11) is 1.19. The van der Waals surface area contributed by atoms with E-state index in [1.165, 1.54) is 7.05 Å². The third-order valence-electron chi connectivity index (χ3n) is 1.79. The van der Waals surface area contributed by atoms with Crippen LogP contribution in [0.25, 0.3) is 0 Å². The standard InChI is InChI=1S/C8H9F5N4/c1-17(3-4(9)10)6-2-5(14)15-7(16-6)8(11,12)13/h2,4H,3H2,1H3,(H2,14,15,16). The van der Waals surface area contributed by atoms with Crippen molar-refractivity contribution in [2.75, 3.05) is 24.2 Å². The number of nitrogen functional groups attached to an aromatic ring is 1. The fourth-order valence-corrected chi connectivity index (χ4v) is 1.08. The highest BCUT2D eigenvalue weighted by atomic mass is 19.4. The van der Waals surface area contributed by atoms with Gasteiger partial charge >= 0.3 is 6.18 Å². The maximum Gasteiger partial charge on any atom is 0.451 e. The first kappa shape index (κ1) is 13.4. The van der Waals surface area contributed by atoms with Gasteiger partial charge in [0.25, 0.3) is 6.43 Å². The quantitative estimate of drug-likeness (QED) is 0.837. The summed E-state index contributed by atoms with van der Waals surface area (Å²) in [5.74, 6) is -2.18. The van der Waals surface area contributed by atoms with Crippen molar-refractivity contribution in [2.24, 2.45) is 0 Å². The van der Waals surface area contributed by atoms with E-state index in [1.807, 2.05) is 0 Å². The van der Waals surface area contributed by atoms with Crippen molar-refractivity contribution in [3.05, 3.63) is 11.9 Å². The predicted octanol–water partition coefficient (Wildman–Crippen LogP) is 1.78. The molecule has 0 atom stereocenters. The van der Waals surface area contributed by atoms with Gasteiger partial charge in [0, 0.05) is 13.1 Å². The van der Waals surface area contributed by atoms with Crippen LogP contribution >= 0.6 is 0 Å². The molecule has 1 heterocycles. The molecule has 0 saturated heterocycles. The first-order valence-electron chi connectivity index (χ1n) is 4.41. The molecule has 17 heavy (non-hydrogen) atoms. The lowest BCUT2D eigenvalue weighted by Gasteiger charge is -2.18. The van der Waals surface area contributed by atoms with Crippen molar-refractivity contribution in [3.63, 3.8) is 0 Å². The summed E-state index contributed by atoms with van der Waals surface area (Å²) < 4.78 is 61.1. The molecule has 0 aliphatic carbocycles. The number of hydrogen-bond acceptors (Lipinski definition) is 4. The van der Waals surface area contributed by atoms with Crippen LogP contribution in [0.5, 0.6) is 0 Å². The van der Waals surface area contributed by atoms with E-state index < -0.39 is 30.8 Å². The highest BCUT2D eigenvalue weighted by Crippen LogP contribution is 2.28. The molecule has 0 aliphatic heterocycles. The summed E-state index contributed by atoms with van der Waals surface area (Å²) in [6, 6.07) is 0.998. The van der Waals surface area contributed by atoms with Gasteiger partial charge in [0.05, 0.1) is 6.54 Å². The topological polar surface area (TPSA) is 55.0 Å². The zero-order valence-electron chi connectivity index (χ0n) is 8.67. The average molecular weight is 256 g/mol. The normalized spacial score (nSPS) is 11.9. The summed E-state index contributed by atoms with van der Waals surface area (Å²) in [5, 5.41) is 0. The average Bonchev–Trinajstić information content (AvgIpc) is 2.14. The molecule has 0 aliphatic rings. The minimum Gasteiger partial charge on any atom is -0.384 e. The second kappa shape index (κ2) is 4.68. The first-order chi connectivity index (χ1) is 7.70. The van der Waals surface area contributed by atoms with Gasteiger partial charge in [0.1, 0.15) is 11.6 Å². The Kier molecular flexibility index (Phi) is 3.69. The van der Waals surface area contributed by atoms with Gasteiger partial charge in [0.15, 0.2) is 0 Å². The molecule has 1 aromatic heterocycles. The van der Waals surface area contributed by atoms with E-state index in [4.69, 9.17) is 5.73 Å². The molecule has 2 N–H and O–H groups in total. The molecule has 0 spiro atoms. The molecule has 96 valence electrons. The largest absolute Gasteiger partial charge is 0.451 e. The van der Waals surface area contributed by atoms with Crippen LogP contribution in [-0.4, -0.2) is 30.0 Å². The monoisotopic (exact) mass is 256 g/mol. The number of rotatable bonds is 3. The highest BCUT2D eigenvalue weighted by Gasteiger charge is 2.35. The summed E-state index contributed by atoms with van der Waals surface area (Å²) in [6.45, 7) is -0.742. The molecule has 0 unspecified atom stereocenters. The number of nitrogens with zero attached hydrogens (tertiary/aromatic N) is 3. The number of nitrogens with two attached hydrogens (primary N) is 1. The van der Waals surface area contributed by atoms with Crippen LogP contribution in [0.2, 0.25) is 0 Å². The van der Waals surface area contributed by atoms with Gasteiger partial charge in [-0.25, -0.2) is 18.7 Å². The number of halogens is 5. The number of hydrogen-bond donors (Lipinski definition) is 1. The predicted molar refractivity (Wildman–Crippen MR) is 50.7 cm³/mol. The van der Waals surface area contributed by atoms with Crippen molar-refractivity contribution in [1.82, 2.24) is 9.97 Å². The Morgan fingerprint density at radius 2 is 1.94 bits per heavy atom. The molecule has 0 radical (unpaired) electrons. The van der Waals surface area contributed by atoms with Gasteiger partial charge in [-0.3, -0.25) is 0 Å². The van der Waals surface area contributed by atoms with E-state index in [9.17, 15) is 22.0 Å². The molecule has 0 bridgehead atoms. The van der Waals surface area contributed by atoms with Gasteiger partial charge in [-0.1, -0.05) is 0 Å². The molecule has 0 fully saturated rings. The van der Waals surface area contributed by atoms with Crippen LogP contribution in [0.4, 0.5) is 33.6 Å². The van der Waals surface area contributed by atoms with E-state index in [1.54, 1.807) is 0 Å². The second-order valence-corrected chi connectivity index (χ2v) is 3.24. The Hall–Kier alpha value is -1.67. The third kappa shape index (κ3) is 3.68. The van der Waals surface area contributed by atoms with E-state index in [0.29, 0.717) is 0 Å². The Balaban J connectivity index is 3.05. The second-order valence-electron chi connectivity index (χ2n) is 3.24. The molecule has 1 aromatic rings. The molecule has 9 heteroatoms. The highest BCUT2D eigenvalue weighted by molar-refractivity contribution is 5.46. The van der Waals surface area contributed by atoms with E-state index in [0.717, 1.165) is 11.0 Å². The molecular weight excluding hydrogens is 247 g/mol. The maximum absolute atomic E-state index is 12.3. The Bertz CT molecular complexity index is 392. The maximum atomic E-state index is 12.3. The van der Waals surface area contributed by atoms with Crippen LogP contribution in [0.15, 0.2) is 6.07 Å². The Morgan fingerprint density at radius 3 is 2.41 bits per heavy atom. The van der Waals surface area contributed by atoms with Crippen LogP contribution in [-0.2, 0) is 6.18 Å². The Labute approximate surface area is 93.3 Å². The lowest BCUT2D eigenvalue weighted by Crippen LogP contribution is -2.26. The molecule has 0 amide bonds. The van der Waals surface area contributed by atoms with Gasteiger partial charge in [-0.05, 0) is 0 Å². The smallest absolute Gasteiger partial charge is 0.384 e. The summed E-state index contributed by atoms with van der Waals surface area (Å²) in [6.07, 6.45) is -7.46. The van der Waals surface area contributed by atoms with Gasteiger partial charge < -0.3 is 10.6 Å². The van der Waals surface area contributed by atoms with Crippen LogP contribution in [0, 0.1) is 0 Å². The van der Waals surface area contributed by atoms with Crippen molar-refractivity contribution in [3.8, 4) is 0 Å².